The molecular formula is C8F16N2O6S2-2. The van der Waals surface area contributed by atoms with Gasteiger partial charge in [0.05, 0.1) is 0 Å². The zero-order valence-corrected chi connectivity index (χ0v) is 15.8. The number of halogens is 16. The van der Waals surface area contributed by atoms with Crippen molar-refractivity contribution < 1.29 is 96.2 Å². The number of alkyl halides is 16. The van der Waals surface area contributed by atoms with Crippen LogP contribution in [-0.4, -0.2) is 82.5 Å². The highest BCUT2D eigenvalue weighted by Crippen LogP contribution is 2.65. The van der Waals surface area contributed by atoms with E-state index in [9.17, 15) is 96.2 Å². The van der Waals surface area contributed by atoms with E-state index in [1.54, 1.807) is 0 Å². The van der Waals surface area contributed by atoms with Crippen molar-refractivity contribution in [3.8, 4) is 0 Å². The molecular weight excluding hydrogens is 588 g/mol. The molecule has 0 aromatic heterocycles. The van der Waals surface area contributed by atoms with Gasteiger partial charge in [0.25, 0.3) is 0 Å². The highest BCUT2D eigenvalue weighted by molar-refractivity contribution is 7.87. The predicted molar refractivity (Wildman–Crippen MR) is 62.6 cm³/mol. The molecule has 0 saturated carbocycles. The van der Waals surface area contributed by atoms with E-state index < -0.39 is 76.8 Å². The smallest absolute Gasteiger partial charge is 0.411 e. The Bertz CT molecular complexity index is 943. The van der Waals surface area contributed by atoms with Gasteiger partial charge in [-0.1, -0.05) is 0 Å². The zero-order chi connectivity index (χ0) is 28.2. The summed E-state index contributed by atoms with van der Waals surface area (Å²) in [7, 11) is -16.4. The van der Waals surface area contributed by atoms with Gasteiger partial charge in [0.1, 0.15) is 0 Å². The number of hydrogen-bond donors (Lipinski definition) is 0. The monoisotopic (exact) mass is 588 g/mol. The number of piperazine rings is 1. The minimum Gasteiger partial charge on any atom is -0.743 e. The van der Waals surface area contributed by atoms with Crippen LogP contribution in [0.5, 0.6) is 0 Å². The molecule has 0 N–H and O–H groups in total. The van der Waals surface area contributed by atoms with Gasteiger partial charge in [-0.25, -0.2) is 16.8 Å². The number of rotatable bonds is 6. The molecule has 1 heterocycles. The van der Waals surface area contributed by atoms with Gasteiger partial charge < -0.3 is 9.11 Å². The molecule has 0 atom stereocenters. The molecule has 0 bridgehead atoms. The minimum absolute atomic E-state index is 4.71. The fourth-order valence-corrected chi connectivity index (χ4v) is 2.94. The molecule has 26 heteroatoms. The molecule has 1 fully saturated rings. The molecule has 1 aliphatic heterocycles. The first-order chi connectivity index (χ1) is 14.2. The maximum atomic E-state index is 13.8. The summed E-state index contributed by atoms with van der Waals surface area (Å²) in [6.07, 6.45) is 0. The van der Waals surface area contributed by atoms with E-state index in [-0.39, 0.29) is 0 Å². The van der Waals surface area contributed by atoms with Crippen molar-refractivity contribution in [2.75, 3.05) is 0 Å². The summed E-state index contributed by atoms with van der Waals surface area (Å²) in [6.45, 7) is 0. The van der Waals surface area contributed by atoms with E-state index >= 15 is 0 Å². The maximum absolute atomic E-state index is 13.8. The molecule has 8 nitrogen and oxygen atoms in total. The van der Waals surface area contributed by atoms with Gasteiger partial charge in [-0.05, 0) is 0 Å². The van der Waals surface area contributed by atoms with Crippen molar-refractivity contribution in [2.45, 2.75) is 46.8 Å². The first kappa shape index (κ1) is 30.7. The maximum Gasteiger partial charge on any atom is 0.411 e. The van der Waals surface area contributed by atoms with Gasteiger partial charge in [0, 0.05) is 0 Å². The lowest BCUT2D eigenvalue weighted by Crippen LogP contribution is -2.88. The van der Waals surface area contributed by atoms with Crippen LogP contribution >= 0.6 is 0 Å². The summed E-state index contributed by atoms with van der Waals surface area (Å²) in [6, 6.07) is -50.2. The van der Waals surface area contributed by atoms with Crippen molar-refractivity contribution in [1.29, 1.82) is 0 Å². The number of hydrogen-bond acceptors (Lipinski definition) is 8. The minimum atomic E-state index is -8.39. The van der Waals surface area contributed by atoms with Crippen LogP contribution in [0.1, 0.15) is 0 Å². The van der Waals surface area contributed by atoms with E-state index in [1.165, 1.54) is 0 Å². The van der Waals surface area contributed by atoms with Gasteiger partial charge in [-0.3, -0.25) is 0 Å². The Morgan fingerprint density at radius 3 is 0.735 bits per heavy atom. The topological polar surface area (TPSA) is 121 Å². The van der Waals surface area contributed by atoms with E-state index in [0.29, 0.717) is 0 Å². The lowest BCUT2D eigenvalue weighted by atomic mass is 10.1. The van der Waals surface area contributed by atoms with E-state index in [2.05, 4.69) is 0 Å². The second-order valence-corrected chi connectivity index (χ2v) is 8.70. The molecule has 0 aromatic rings. The first-order valence-electron chi connectivity index (χ1n) is 6.77. The van der Waals surface area contributed by atoms with Gasteiger partial charge in [-0.2, -0.15) is 70.2 Å². The summed E-state index contributed by atoms with van der Waals surface area (Å²) in [5.41, 5.74) is 0. The van der Waals surface area contributed by atoms with Gasteiger partial charge in [0.2, 0.25) is 0 Å². The highest BCUT2D eigenvalue weighted by atomic mass is 32.2. The van der Waals surface area contributed by atoms with Crippen LogP contribution in [0.2, 0.25) is 0 Å². The van der Waals surface area contributed by atoms with E-state index in [0.717, 1.165) is 0 Å². The van der Waals surface area contributed by atoms with Crippen LogP contribution in [0.3, 0.4) is 0 Å². The lowest BCUT2D eigenvalue weighted by molar-refractivity contribution is -0.573. The standard InChI is InChI=1S/C8H2F16N2O6S2/c9-1(10)2(11,12)26(6(19,20)8(23,24)34(30,31)32)4(15,16)3(13,14)25(1)5(17,18)7(21,22)33(27,28)29/h(H,27,28,29)(H,30,31,32)/p-2. The highest BCUT2D eigenvalue weighted by Gasteiger charge is 2.96. The Labute approximate surface area is 174 Å². The predicted octanol–water partition coefficient (Wildman–Crippen LogP) is 2.44. The van der Waals surface area contributed by atoms with E-state index in [4.69, 9.17) is 0 Å². The molecule has 1 saturated heterocycles. The quantitative estimate of drug-likeness (QED) is 0.264. The van der Waals surface area contributed by atoms with Crippen molar-refractivity contribution in [2.24, 2.45) is 0 Å². The molecule has 0 aliphatic carbocycles. The Hall–Kier alpha value is -1.38. The summed E-state index contributed by atoms with van der Waals surface area (Å²) >= 11 is 0. The molecule has 1 aliphatic rings. The summed E-state index contributed by atoms with van der Waals surface area (Å²) in [5.74, 6) is 0. The molecule has 0 spiro atoms. The summed E-state index contributed by atoms with van der Waals surface area (Å²) in [5, 5.41) is -15.9. The molecule has 34 heavy (non-hydrogen) atoms. The normalized spacial score (nSPS) is 24.8. The molecule has 0 aromatic carbocycles. The lowest BCUT2D eigenvalue weighted by Gasteiger charge is -2.56. The summed E-state index contributed by atoms with van der Waals surface area (Å²) in [4.78, 5) is -9.42. The fourth-order valence-electron chi connectivity index (χ4n) is 2.16. The van der Waals surface area contributed by atoms with Crippen LogP contribution < -0.4 is 0 Å². The molecule has 204 valence electrons. The first-order valence-corrected chi connectivity index (χ1v) is 9.59. The third-order valence-corrected chi connectivity index (χ3v) is 5.48. The third kappa shape index (κ3) is 3.42. The molecule has 0 radical (unpaired) electrons. The zero-order valence-electron chi connectivity index (χ0n) is 14.2. The van der Waals surface area contributed by atoms with Crippen LogP contribution in [0.4, 0.5) is 70.2 Å². The Morgan fingerprint density at radius 2 is 0.618 bits per heavy atom. The Kier molecular flexibility index (Phi) is 6.40. The number of nitrogens with zero attached hydrogens (tertiary/aromatic N) is 2. The summed E-state index contributed by atoms with van der Waals surface area (Å²) < 4.78 is 278. The Balaban J connectivity index is 4.17. The van der Waals surface area contributed by atoms with Crippen LogP contribution in [0.15, 0.2) is 0 Å². The van der Waals surface area contributed by atoms with Crippen molar-refractivity contribution in [1.82, 2.24) is 9.80 Å². The second-order valence-electron chi connectivity index (χ2n) is 5.86. The average Bonchev–Trinajstić information content (AvgIpc) is 2.49. The van der Waals surface area contributed by atoms with Crippen molar-refractivity contribution in [3.63, 3.8) is 0 Å². The van der Waals surface area contributed by atoms with Crippen LogP contribution in [0, 0.1) is 0 Å². The molecule has 0 unspecified atom stereocenters. The molecule has 1 rings (SSSR count). The second kappa shape index (κ2) is 7.10. The van der Waals surface area contributed by atoms with Crippen LogP contribution in [-0.2, 0) is 20.2 Å². The fraction of sp³-hybridized carbons (Fsp3) is 1.00. The third-order valence-electron chi connectivity index (χ3n) is 3.74. The Morgan fingerprint density at radius 1 is 0.471 bits per heavy atom. The van der Waals surface area contributed by atoms with Gasteiger partial charge in [-0.15, -0.1) is 9.80 Å². The average molecular weight is 588 g/mol. The van der Waals surface area contributed by atoms with Crippen LogP contribution in [0.25, 0.3) is 0 Å². The van der Waals surface area contributed by atoms with Gasteiger partial charge in [0.15, 0.2) is 20.2 Å². The van der Waals surface area contributed by atoms with Crippen molar-refractivity contribution in [3.05, 3.63) is 0 Å². The largest absolute Gasteiger partial charge is 0.743 e. The molecule has 0 amide bonds. The van der Waals surface area contributed by atoms with Crippen molar-refractivity contribution >= 4 is 20.2 Å². The van der Waals surface area contributed by atoms with E-state index in [1.807, 2.05) is 0 Å². The SMILES string of the molecule is O=S(=O)([O-])C(F)(F)C(F)(F)N1C(F)(F)C(F)(F)N(C(F)(F)C(F)(F)S(=O)(=O)[O-])C(F)(F)C1(F)F. The van der Waals surface area contributed by atoms with Gasteiger partial charge >= 0.3 is 46.8 Å².